The standard InChI is InChI=1S/C14H15N.B/c1-10-7-11(2)14(12(3)8-10)13-5-4-6-15-9-13;/h4-9H,1-3H3;. The Labute approximate surface area is 99.1 Å². The average molecular weight is 208 g/mol. The van der Waals surface area contributed by atoms with Crippen molar-refractivity contribution >= 4 is 8.41 Å². The van der Waals surface area contributed by atoms with E-state index in [2.05, 4.69) is 44.0 Å². The van der Waals surface area contributed by atoms with Crippen molar-refractivity contribution in [2.75, 3.05) is 0 Å². The third-order valence-electron chi connectivity index (χ3n) is 2.63. The van der Waals surface area contributed by atoms with Gasteiger partial charge in [-0.05, 0) is 43.5 Å². The van der Waals surface area contributed by atoms with Gasteiger partial charge < -0.3 is 0 Å². The highest BCUT2D eigenvalue weighted by Crippen LogP contribution is 2.27. The first-order valence-electron chi connectivity index (χ1n) is 5.17. The van der Waals surface area contributed by atoms with Crippen molar-refractivity contribution in [1.29, 1.82) is 0 Å². The molecule has 0 spiro atoms. The molecule has 0 saturated heterocycles. The largest absolute Gasteiger partial charge is 0.264 e. The van der Waals surface area contributed by atoms with Crippen molar-refractivity contribution in [3.63, 3.8) is 0 Å². The Morgan fingerprint density at radius 2 is 1.62 bits per heavy atom. The van der Waals surface area contributed by atoms with Crippen LogP contribution in [-0.2, 0) is 0 Å². The third kappa shape index (κ3) is 2.33. The van der Waals surface area contributed by atoms with Crippen LogP contribution in [0.25, 0.3) is 11.1 Å². The molecule has 1 aromatic carbocycles. The SMILES string of the molecule is Cc1cc(C)c(-c2cccnc2)c(C)c1.[B]. The molecule has 2 heteroatoms. The average Bonchev–Trinajstić information content (AvgIpc) is 2.17. The molecule has 1 aromatic heterocycles. The fourth-order valence-corrected chi connectivity index (χ4v) is 2.15. The topological polar surface area (TPSA) is 12.9 Å². The monoisotopic (exact) mass is 208 g/mol. The predicted octanol–water partition coefficient (Wildman–Crippen LogP) is 3.29. The Hall–Kier alpha value is -1.57. The Balaban J connectivity index is 0.00000128. The Bertz CT molecular complexity index is 454. The van der Waals surface area contributed by atoms with E-state index in [1.54, 1.807) is 0 Å². The van der Waals surface area contributed by atoms with Crippen molar-refractivity contribution in [1.82, 2.24) is 4.98 Å². The highest BCUT2D eigenvalue weighted by molar-refractivity contribution is 5.75. The summed E-state index contributed by atoms with van der Waals surface area (Å²) in [7, 11) is 0. The first-order valence-corrected chi connectivity index (χ1v) is 5.17. The van der Waals surface area contributed by atoms with Gasteiger partial charge in [0.25, 0.3) is 0 Å². The van der Waals surface area contributed by atoms with Crippen LogP contribution >= 0.6 is 0 Å². The zero-order chi connectivity index (χ0) is 10.8. The molecule has 0 fully saturated rings. The lowest BCUT2D eigenvalue weighted by Gasteiger charge is -2.10. The predicted molar refractivity (Wildman–Crippen MR) is 69.6 cm³/mol. The van der Waals surface area contributed by atoms with Crippen LogP contribution in [0.4, 0.5) is 0 Å². The molecular formula is C14H15BN. The number of aryl methyl sites for hydroxylation is 3. The first kappa shape index (κ1) is 12.5. The molecule has 2 aromatic rings. The van der Waals surface area contributed by atoms with Crippen LogP contribution in [0.1, 0.15) is 16.7 Å². The number of rotatable bonds is 1. The molecule has 16 heavy (non-hydrogen) atoms. The van der Waals surface area contributed by atoms with Crippen LogP contribution in [0.2, 0.25) is 0 Å². The second-order valence-corrected chi connectivity index (χ2v) is 4.02. The molecule has 1 nitrogen and oxygen atoms in total. The molecule has 0 aliphatic carbocycles. The van der Waals surface area contributed by atoms with Gasteiger partial charge >= 0.3 is 0 Å². The normalized spacial score (nSPS) is 9.69. The lowest BCUT2D eigenvalue weighted by Crippen LogP contribution is -1.90. The van der Waals surface area contributed by atoms with Crippen LogP contribution in [0.5, 0.6) is 0 Å². The van der Waals surface area contributed by atoms with Gasteiger partial charge in [-0.25, -0.2) is 0 Å². The summed E-state index contributed by atoms with van der Waals surface area (Å²) in [6, 6.07) is 8.52. The van der Waals surface area contributed by atoms with Crippen molar-refractivity contribution in [2.24, 2.45) is 0 Å². The van der Waals surface area contributed by atoms with E-state index < -0.39 is 0 Å². The molecule has 79 valence electrons. The molecule has 0 bridgehead atoms. The van der Waals surface area contributed by atoms with Crippen LogP contribution in [0.15, 0.2) is 36.7 Å². The smallest absolute Gasteiger partial charge is 0.0346 e. The van der Waals surface area contributed by atoms with E-state index in [1.165, 1.54) is 27.8 Å². The van der Waals surface area contributed by atoms with Crippen LogP contribution in [-0.4, -0.2) is 13.4 Å². The van der Waals surface area contributed by atoms with Crippen molar-refractivity contribution in [2.45, 2.75) is 20.8 Å². The number of nitrogens with zero attached hydrogens (tertiary/aromatic N) is 1. The van der Waals surface area contributed by atoms with E-state index in [9.17, 15) is 0 Å². The minimum Gasteiger partial charge on any atom is -0.264 e. The number of hydrogen-bond donors (Lipinski definition) is 0. The Morgan fingerprint density at radius 3 is 2.12 bits per heavy atom. The van der Waals surface area contributed by atoms with Crippen LogP contribution in [0, 0.1) is 20.8 Å². The second-order valence-electron chi connectivity index (χ2n) is 4.02. The molecule has 1 heterocycles. The molecule has 0 N–H and O–H groups in total. The van der Waals surface area contributed by atoms with Crippen LogP contribution < -0.4 is 0 Å². The lowest BCUT2D eigenvalue weighted by molar-refractivity contribution is 1.28. The van der Waals surface area contributed by atoms with Gasteiger partial charge in [-0.2, -0.15) is 0 Å². The number of pyridine rings is 1. The van der Waals surface area contributed by atoms with Gasteiger partial charge in [-0.15, -0.1) is 0 Å². The molecule has 0 aliphatic rings. The van der Waals surface area contributed by atoms with E-state index in [4.69, 9.17) is 0 Å². The third-order valence-corrected chi connectivity index (χ3v) is 2.63. The van der Waals surface area contributed by atoms with Crippen molar-refractivity contribution in [3.8, 4) is 11.1 Å². The zero-order valence-corrected chi connectivity index (χ0v) is 9.99. The van der Waals surface area contributed by atoms with Crippen LogP contribution in [0.3, 0.4) is 0 Å². The summed E-state index contributed by atoms with van der Waals surface area (Å²) in [5.41, 5.74) is 6.47. The first-order chi connectivity index (χ1) is 7.18. The van der Waals surface area contributed by atoms with Gasteiger partial charge in [0.15, 0.2) is 0 Å². The van der Waals surface area contributed by atoms with Gasteiger partial charge in [-0.1, -0.05) is 23.8 Å². The molecule has 3 radical (unpaired) electrons. The summed E-state index contributed by atoms with van der Waals surface area (Å²) in [4.78, 5) is 4.17. The lowest BCUT2D eigenvalue weighted by atomic mass is 9.95. The molecule has 0 unspecified atom stereocenters. The number of hydrogen-bond acceptors (Lipinski definition) is 1. The summed E-state index contributed by atoms with van der Waals surface area (Å²) in [6.45, 7) is 6.44. The molecule has 0 saturated carbocycles. The van der Waals surface area contributed by atoms with Gasteiger partial charge in [0.2, 0.25) is 0 Å². The zero-order valence-electron chi connectivity index (χ0n) is 9.99. The minimum atomic E-state index is 0. The quantitative estimate of drug-likeness (QED) is 0.655. The summed E-state index contributed by atoms with van der Waals surface area (Å²) >= 11 is 0. The van der Waals surface area contributed by atoms with E-state index in [0.29, 0.717) is 0 Å². The fourth-order valence-electron chi connectivity index (χ4n) is 2.15. The fraction of sp³-hybridized carbons (Fsp3) is 0.214. The molecule has 0 atom stereocenters. The van der Waals surface area contributed by atoms with Gasteiger partial charge in [-0.3, -0.25) is 4.98 Å². The van der Waals surface area contributed by atoms with E-state index in [-0.39, 0.29) is 8.41 Å². The summed E-state index contributed by atoms with van der Waals surface area (Å²) in [5, 5.41) is 0. The highest BCUT2D eigenvalue weighted by Gasteiger charge is 2.05. The Kier molecular flexibility index (Phi) is 3.89. The summed E-state index contributed by atoms with van der Waals surface area (Å²) in [5.74, 6) is 0. The molecule has 2 rings (SSSR count). The van der Waals surface area contributed by atoms with E-state index in [0.717, 1.165) is 0 Å². The second kappa shape index (κ2) is 4.97. The molecular weight excluding hydrogens is 193 g/mol. The number of aromatic nitrogens is 1. The van der Waals surface area contributed by atoms with Gasteiger partial charge in [0, 0.05) is 26.4 Å². The summed E-state index contributed by atoms with van der Waals surface area (Å²) < 4.78 is 0. The van der Waals surface area contributed by atoms with Gasteiger partial charge in [0.05, 0.1) is 0 Å². The summed E-state index contributed by atoms with van der Waals surface area (Å²) in [6.07, 6.45) is 3.73. The highest BCUT2D eigenvalue weighted by atomic mass is 14.6. The minimum absolute atomic E-state index is 0. The van der Waals surface area contributed by atoms with E-state index >= 15 is 0 Å². The maximum atomic E-state index is 4.17. The van der Waals surface area contributed by atoms with Gasteiger partial charge in [0.1, 0.15) is 0 Å². The number of benzene rings is 1. The molecule has 0 amide bonds. The van der Waals surface area contributed by atoms with Crippen molar-refractivity contribution in [3.05, 3.63) is 53.3 Å². The maximum Gasteiger partial charge on any atom is 0.0346 e. The molecule has 0 aliphatic heterocycles. The van der Waals surface area contributed by atoms with E-state index in [1.807, 2.05) is 18.5 Å². The Morgan fingerprint density at radius 1 is 1.00 bits per heavy atom. The van der Waals surface area contributed by atoms with Crippen molar-refractivity contribution < 1.29 is 0 Å². The maximum absolute atomic E-state index is 4.17.